The van der Waals surface area contributed by atoms with Crippen LogP contribution in [0.25, 0.3) is 0 Å². The highest BCUT2D eigenvalue weighted by molar-refractivity contribution is 6.04. The van der Waals surface area contributed by atoms with Gasteiger partial charge in [-0.25, -0.2) is 9.37 Å². The Labute approximate surface area is 135 Å². The fraction of sp³-hybridized carbons (Fsp3) is 0.333. The Morgan fingerprint density at radius 1 is 1.26 bits per heavy atom. The summed E-state index contributed by atoms with van der Waals surface area (Å²) in [6.45, 7) is 4.31. The van der Waals surface area contributed by atoms with Crippen molar-refractivity contribution in [1.29, 1.82) is 0 Å². The molecule has 3 rings (SSSR count). The fourth-order valence-electron chi connectivity index (χ4n) is 2.72. The summed E-state index contributed by atoms with van der Waals surface area (Å²) >= 11 is 0. The van der Waals surface area contributed by atoms with E-state index in [4.69, 9.17) is 0 Å². The molecule has 2 heterocycles. The van der Waals surface area contributed by atoms with Crippen LogP contribution >= 0.6 is 0 Å². The summed E-state index contributed by atoms with van der Waals surface area (Å²) in [7, 11) is 0. The summed E-state index contributed by atoms with van der Waals surface area (Å²) in [5.74, 6) is 0.938. The van der Waals surface area contributed by atoms with Crippen molar-refractivity contribution in [3.05, 3.63) is 54.0 Å². The Morgan fingerprint density at radius 3 is 2.70 bits per heavy atom. The molecule has 0 unspecified atom stereocenters. The van der Waals surface area contributed by atoms with Gasteiger partial charge in [0.1, 0.15) is 11.6 Å². The summed E-state index contributed by atoms with van der Waals surface area (Å²) in [6.07, 6.45) is 4.00. The number of carbonyl (C=O) groups is 1. The van der Waals surface area contributed by atoms with Gasteiger partial charge in [0.15, 0.2) is 0 Å². The highest BCUT2D eigenvalue weighted by atomic mass is 19.1. The van der Waals surface area contributed by atoms with Crippen molar-refractivity contribution >= 4 is 17.4 Å². The van der Waals surface area contributed by atoms with Crippen LogP contribution in [0, 0.1) is 11.7 Å². The molecular formula is C18H20FN3O. The number of nitrogens with one attached hydrogen (secondary N) is 1. The number of carbonyl (C=O) groups excluding carboxylic acids is 1. The van der Waals surface area contributed by atoms with Crippen molar-refractivity contribution in [2.75, 3.05) is 23.3 Å². The van der Waals surface area contributed by atoms with Gasteiger partial charge in [0.2, 0.25) is 0 Å². The zero-order valence-corrected chi connectivity index (χ0v) is 13.1. The van der Waals surface area contributed by atoms with Crippen molar-refractivity contribution in [2.24, 2.45) is 5.92 Å². The van der Waals surface area contributed by atoms with E-state index in [1.807, 2.05) is 12.1 Å². The Balaban J connectivity index is 1.64. The number of piperidine rings is 1. The van der Waals surface area contributed by atoms with Crippen LogP contribution in [-0.4, -0.2) is 24.0 Å². The van der Waals surface area contributed by atoms with Crippen LogP contribution in [0.2, 0.25) is 0 Å². The van der Waals surface area contributed by atoms with Crippen LogP contribution in [0.4, 0.5) is 15.9 Å². The average molecular weight is 313 g/mol. The normalized spacial score (nSPS) is 15.5. The standard InChI is InChI=1S/C18H20FN3O/c1-13-7-9-22(10-8-13)17-6-5-16(12-20-17)21-18(23)14-3-2-4-15(19)11-14/h2-6,11-13H,7-10H2,1H3,(H,21,23). The van der Waals surface area contributed by atoms with Crippen molar-refractivity contribution in [3.8, 4) is 0 Å². The molecule has 5 heteroatoms. The van der Waals surface area contributed by atoms with Gasteiger partial charge in [-0.1, -0.05) is 13.0 Å². The SMILES string of the molecule is CC1CCN(c2ccc(NC(=O)c3cccc(F)c3)cn2)CC1. The predicted octanol–water partition coefficient (Wildman–Crippen LogP) is 3.71. The number of pyridine rings is 1. The molecule has 0 spiro atoms. The number of hydrogen-bond donors (Lipinski definition) is 1. The van der Waals surface area contributed by atoms with E-state index in [0.29, 0.717) is 11.3 Å². The second-order valence-corrected chi connectivity index (χ2v) is 6.04. The predicted molar refractivity (Wildman–Crippen MR) is 89.2 cm³/mol. The highest BCUT2D eigenvalue weighted by Crippen LogP contribution is 2.22. The molecule has 2 aromatic rings. The van der Waals surface area contributed by atoms with Gasteiger partial charge >= 0.3 is 0 Å². The first kappa shape index (κ1) is 15.5. The minimum Gasteiger partial charge on any atom is -0.357 e. The Bertz CT molecular complexity index is 679. The number of anilines is 2. The average Bonchev–Trinajstić information content (AvgIpc) is 2.56. The van der Waals surface area contributed by atoms with Crippen molar-refractivity contribution < 1.29 is 9.18 Å². The van der Waals surface area contributed by atoms with E-state index in [9.17, 15) is 9.18 Å². The third-order valence-corrected chi connectivity index (χ3v) is 4.20. The molecule has 4 nitrogen and oxygen atoms in total. The van der Waals surface area contributed by atoms with Gasteiger partial charge in [-0.3, -0.25) is 4.79 Å². The van der Waals surface area contributed by atoms with E-state index < -0.39 is 5.82 Å². The van der Waals surface area contributed by atoms with E-state index in [0.717, 1.165) is 24.8 Å². The van der Waals surface area contributed by atoms with Crippen molar-refractivity contribution in [3.63, 3.8) is 0 Å². The topological polar surface area (TPSA) is 45.2 Å². The number of rotatable bonds is 3. The number of nitrogens with zero attached hydrogens (tertiary/aromatic N) is 2. The van der Waals surface area contributed by atoms with Gasteiger partial charge in [-0.05, 0) is 49.1 Å². The van der Waals surface area contributed by atoms with Gasteiger partial charge in [0, 0.05) is 18.7 Å². The molecule has 0 saturated carbocycles. The molecule has 120 valence electrons. The lowest BCUT2D eigenvalue weighted by atomic mass is 9.99. The van der Waals surface area contributed by atoms with Crippen LogP contribution < -0.4 is 10.2 Å². The summed E-state index contributed by atoms with van der Waals surface area (Å²) in [5.41, 5.74) is 0.896. The monoisotopic (exact) mass is 313 g/mol. The minimum absolute atomic E-state index is 0.291. The quantitative estimate of drug-likeness (QED) is 0.939. The smallest absolute Gasteiger partial charge is 0.255 e. The molecule has 1 aromatic heterocycles. The van der Waals surface area contributed by atoms with Gasteiger partial charge in [-0.2, -0.15) is 0 Å². The van der Waals surface area contributed by atoms with Crippen molar-refractivity contribution in [2.45, 2.75) is 19.8 Å². The van der Waals surface area contributed by atoms with Crippen LogP contribution in [0.5, 0.6) is 0 Å². The van der Waals surface area contributed by atoms with Crippen molar-refractivity contribution in [1.82, 2.24) is 4.98 Å². The first-order chi connectivity index (χ1) is 11.1. The molecule has 1 aromatic carbocycles. The van der Waals surface area contributed by atoms with Gasteiger partial charge in [-0.15, -0.1) is 0 Å². The zero-order valence-electron chi connectivity index (χ0n) is 13.1. The van der Waals surface area contributed by atoms with E-state index >= 15 is 0 Å². The maximum Gasteiger partial charge on any atom is 0.255 e. The van der Waals surface area contributed by atoms with E-state index in [-0.39, 0.29) is 5.91 Å². The number of hydrogen-bond acceptors (Lipinski definition) is 3. The Kier molecular flexibility index (Phi) is 4.55. The molecule has 1 amide bonds. The van der Waals surface area contributed by atoms with E-state index in [1.165, 1.54) is 31.0 Å². The minimum atomic E-state index is -0.426. The first-order valence-corrected chi connectivity index (χ1v) is 7.90. The third-order valence-electron chi connectivity index (χ3n) is 4.20. The number of benzene rings is 1. The van der Waals surface area contributed by atoms with Crippen LogP contribution in [-0.2, 0) is 0 Å². The number of halogens is 1. The Hall–Kier alpha value is -2.43. The zero-order chi connectivity index (χ0) is 16.2. The highest BCUT2D eigenvalue weighted by Gasteiger charge is 2.16. The first-order valence-electron chi connectivity index (χ1n) is 7.90. The van der Waals surface area contributed by atoms with Crippen LogP contribution in [0.15, 0.2) is 42.6 Å². The van der Waals surface area contributed by atoms with Gasteiger partial charge < -0.3 is 10.2 Å². The molecule has 0 atom stereocenters. The van der Waals surface area contributed by atoms with Crippen LogP contribution in [0.3, 0.4) is 0 Å². The molecule has 1 fully saturated rings. The van der Waals surface area contributed by atoms with E-state index in [1.54, 1.807) is 12.3 Å². The summed E-state index contributed by atoms with van der Waals surface area (Å²) in [5, 5.41) is 2.74. The molecule has 1 saturated heterocycles. The van der Waals surface area contributed by atoms with Gasteiger partial charge in [0.25, 0.3) is 5.91 Å². The van der Waals surface area contributed by atoms with Crippen LogP contribution in [0.1, 0.15) is 30.1 Å². The maximum atomic E-state index is 13.2. The molecule has 1 aliphatic heterocycles. The number of aromatic nitrogens is 1. The number of amides is 1. The molecule has 0 aliphatic carbocycles. The summed E-state index contributed by atoms with van der Waals surface area (Å²) in [6, 6.07) is 9.37. The second kappa shape index (κ2) is 6.77. The van der Waals surface area contributed by atoms with Gasteiger partial charge in [0.05, 0.1) is 11.9 Å². The molecular weight excluding hydrogens is 293 g/mol. The third kappa shape index (κ3) is 3.86. The van der Waals surface area contributed by atoms with E-state index in [2.05, 4.69) is 22.1 Å². The molecule has 1 aliphatic rings. The molecule has 0 radical (unpaired) electrons. The molecule has 1 N–H and O–H groups in total. The lowest BCUT2D eigenvalue weighted by Gasteiger charge is -2.31. The summed E-state index contributed by atoms with van der Waals surface area (Å²) in [4.78, 5) is 18.8. The Morgan fingerprint density at radius 2 is 2.04 bits per heavy atom. The molecule has 0 bridgehead atoms. The lowest BCUT2D eigenvalue weighted by molar-refractivity contribution is 0.102. The molecule has 23 heavy (non-hydrogen) atoms. The lowest BCUT2D eigenvalue weighted by Crippen LogP contribution is -2.33. The largest absolute Gasteiger partial charge is 0.357 e. The maximum absolute atomic E-state index is 13.2. The fourth-order valence-corrected chi connectivity index (χ4v) is 2.72. The summed E-state index contributed by atoms with van der Waals surface area (Å²) < 4.78 is 13.2. The second-order valence-electron chi connectivity index (χ2n) is 6.04.